The first-order valence-electron chi connectivity index (χ1n) is 10.1. The van der Waals surface area contributed by atoms with Gasteiger partial charge in [0.2, 0.25) is 0 Å². The molecule has 0 bridgehead atoms. The molecule has 1 amide bonds. The minimum Gasteiger partial charge on any atom is -0.497 e. The van der Waals surface area contributed by atoms with E-state index in [0.717, 1.165) is 28.9 Å². The predicted molar refractivity (Wildman–Crippen MR) is 120 cm³/mol. The maximum atomic E-state index is 12.4. The van der Waals surface area contributed by atoms with Crippen molar-refractivity contribution >= 4 is 22.6 Å². The van der Waals surface area contributed by atoms with Crippen LogP contribution in [0, 0.1) is 6.92 Å². The average Bonchev–Trinajstić information content (AvgIpc) is 3.21. The summed E-state index contributed by atoms with van der Waals surface area (Å²) in [6.45, 7) is 3.95. The molecule has 0 saturated carbocycles. The summed E-state index contributed by atoms with van der Waals surface area (Å²) in [4.78, 5) is 14.0. The van der Waals surface area contributed by atoms with Gasteiger partial charge in [0.05, 0.1) is 12.8 Å². The van der Waals surface area contributed by atoms with Crippen LogP contribution in [0.5, 0.6) is 11.5 Å². The van der Waals surface area contributed by atoms with Gasteiger partial charge in [-0.1, -0.05) is 19.1 Å². The average molecular weight is 416 g/mol. The Morgan fingerprint density at radius 2 is 1.61 bits per heavy atom. The number of anilines is 1. The number of fused-ring (bicyclic) bond motifs is 1. The zero-order valence-electron chi connectivity index (χ0n) is 17.8. The zero-order valence-corrected chi connectivity index (χ0v) is 17.8. The van der Waals surface area contributed by atoms with Crippen molar-refractivity contribution in [1.29, 1.82) is 0 Å². The van der Waals surface area contributed by atoms with Crippen molar-refractivity contribution in [3.8, 4) is 17.2 Å². The van der Waals surface area contributed by atoms with Gasteiger partial charge in [0.25, 0.3) is 5.91 Å². The quantitative estimate of drug-likeness (QED) is 0.486. The molecule has 0 radical (unpaired) electrons. The molecule has 0 aliphatic rings. The lowest BCUT2D eigenvalue weighted by atomic mass is 10.1. The Morgan fingerprint density at radius 3 is 2.26 bits per heavy atom. The highest BCUT2D eigenvalue weighted by Crippen LogP contribution is 2.23. The van der Waals surface area contributed by atoms with Gasteiger partial charge in [-0.25, -0.2) is 0 Å². The summed E-state index contributed by atoms with van der Waals surface area (Å²) in [5.41, 5.74) is 5.21. The Kier molecular flexibility index (Phi) is 5.84. The van der Waals surface area contributed by atoms with Crippen molar-refractivity contribution in [2.45, 2.75) is 20.3 Å². The minimum absolute atomic E-state index is 0.0970. The molecule has 1 N–H and O–H groups in total. The zero-order chi connectivity index (χ0) is 21.8. The standard InChI is InChI=1S/C24H24N4O3/c1-4-17-5-7-18(8-6-17)28-26-22-13-16(2)21(14-23(22)27-28)25-24(29)15-31-20-11-9-19(30-3)10-12-20/h5-14H,4,15H2,1-3H3,(H,25,29). The third kappa shape index (κ3) is 4.66. The van der Waals surface area contributed by atoms with Gasteiger partial charge in [-0.05, 0) is 73.0 Å². The van der Waals surface area contributed by atoms with E-state index in [9.17, 15) is 4.79 Å². The first-order valence-corrected chi connectivity index (χ1v) is 10.1. The predicted octanol–water partition coefficient (Wildman–Crippen LogP) is 4.32. The number of amides is 1. The van der Waals surface area contributed by atoms with Crippen molar-refractivity contribution in [2.75, 3.05) is 19.0 Å². The fourth-order valence-electron chi connectivity index (χ4n) is 3.19. The topological polar surface area (TPSA) is 78.3 Å². The van der Waals surface area contributed by atoms with Gasteiger partial charge in [-0.15, -0.1) is 10.2 Å². The van der Waals surface area contributed by atoms with Crippen LogP contribution < -0.4 is 14.8 Å². The number of hydrogen-bond acceptors (Lipinski definition) is 5. The van der Waals surface area contributed by atoms with E-state index in [1.807, 2.05) is 31.2 Å². The number of ether oxygens (including phenoxy) is 2. The number of carbonyl (C=O) groups excluding carboxylic acids is 1. The number of nitrogens with one attached hydrogen (secondary N) is 1. The second kappa shape index (κ2) is 8.87. The second-order valence-corrected chi connectivity index (χ2v) is 7.18. The molecule has 3 aromatic carbocycles. The molecule has 4 aromatic rings. The van der Waals surface area contributed by atoms with Crippen molar-refractivity contribution in [3.63, 3.8) is 0 Å². The van der Waals surface area contributed by atoms with Gasteiger partial charge in [0, 0.05) is 5.69 Å². The Labute approximate surface area is 180 Å². The van der Waals surface area contributed by atoms with E-state index in [1.165, 1.54) is 5.56 Å². The van der Waals surface area contributed by atoms with Crippen LogP contribution >= 0.6 is 0 Å². The molecule has 7 nitrogen and oxygen atoms in total. The lowest BCUT2D eigenvalue weighted by molar-refractivity contribution is -0.118. The second-order valence-electron chi connectivity index (χ2n) is 7.18. The van der Waals surface area contributed by atoms with Crippen LogP contribution in [0.25, 0.3) is 16.7 Å². The molecular weight excluding hydrogens is 392 g/mol. The highest BCUT2D eigenvalue weighted by atomic mass is 16.5. The summed E-state index contributed by atoms with van der Waals surface area (Å²) in [5, 5.41) is 12.0. The number of rotatable bonds is 7. The first-order chi connectivity index (χ1) is 15.1. The molecule has 0 saturated heterocycles. The number of carbonyl (C=O) groups is 1. The van der Waals surface area contributed by atoms with Gasteiger partial charge >= 0.3 is 0 Å². The van der Waals surface area contributed by atoms with E-state index in [0.29, 0.717) is 17.0 Å². The van der Waals surface area contributed by atoms with Gasteiger partial charge in [0.1, 0.15) is 22.5 Å². The molecule has 1 aromatic heterocycles. The number of methoxy groups -OCH3 is 1. The van der Waals surface area contributed by atoms with E-state index in [2.05, 4.69) is 34.6 Å². The van der Waals surface area contributed by atoms with Crippen LogP contribution in [0.4, 0.5) is 5.69 Å². The fourth-order valence-corrected chi connectivity index (χ4v) is 3.19. The monoisotopic (exact) mass is 416 g/mol. The molecule has 0 atom stereocenters. The maximum Gasteiger partial charge on any atom is 0.262 e. The summed E-state index contributed by atoms with van der Waals surface area (Å²) >= 11 is 0. The number of hydrogen-bond donors (Lipinski definition) is 1. The van der Waals surface area contributed by atoms with Crippen LogP contribution in [0.3, 0.4) is 0 Å². The Morgan fingerprint density at radius 1 is 0.968 bits per heavy atom. The van der Waals surface area contributed by atoms with E-state index >= 15 is 0 Å². The number of aromatic nitrogens is 3. The lowest BCUT2D eigenvalue weighted by Crippen LogP contribution is -2.20. The van der Waals surface area contributed by atoms with Gasteiger partial charge in [-0.3, -0.25) is 4.79 Å². The highest BCUT2D eigenvalue weighted by Gasteiger charge is 2.11. The summed E-state index contributed by atoms with van der Waals surface area (Å²) in [5.74, 6) is 1.08. The Hall–Kier alpha value is -3.87. The SMILES string of the molecule is CCc1ccc(-n2nc3cc(C)c(NC(=O)COc4ccc(OC)cc4)cc3n2)cc1. The van der Waals surface area contributed by atoms with Crippen LogP contribution in [0.2, 0.25) is 0 Å². The van der Waals surface area contributed by atoms with Crippen LogP contribution in [0.1, 0.15) is 18.1 Å². The van der Waals surface area contributed by atoms with Gasteiger partial charge < -0.3 is 14.8 Å². The van der Waals surface area contributed by atoms with E-state index in [1.54, 1.807) is 36.2 Å². The Bertz CT molecular complexity index is 1200. The van der Waals surface area contributed by atoms with Gasteiger partial charge in [0.15, 0.2) is 6.61 Å². The normalized spacial score (nSPS) is 10.8. The smallest absolute Gasteiger partial charge is 0.262 e. The van der Waals surface area contributed by atoms with Crippen LogP contribution in [-0.2, 0) is 11.2 Å². The first kappa shape index (κ1) is 20.4. The molecule has 0 spiro atoms. The fraction of sp³-hybridized carbons (Fsp3) is 0.208. The largest absolute Gasteiger partial charge is 0.497 e. The Balaban J connectivity index is 1.46. The summed E-state index contributed by atoms with van der Waals surface area (Å²) in [6.07, 6.45) is 0.985. The molecule has 0 fully saturated rings. The summed E-state index contributed by atoms with van der Waals surface area (Å²) < 4.78 is 10.7. The third-order valence-corrected chi connectivity index (χ3v) is 5.01. The lowest BCUT2D eigenvalue weighted by Gasteiger charge is -2.10. The molecule has 0 aliphatic heterocycles. The molecule has 0 aliphatic carbocycles. The van der Waals surface area contributed by atoms with Crippen molar-refractivity contribution < 1.29 is 14.3 Å². The molecule has 1 heterocycles. The molecule has 7 heteroatoms. The maximum absolute atomic E-state index is 12.4. The van der Waals surface area contributed by atoms with Crippen molar-refractivity contribution in [3.05, 3.63) is 71.8 Å². The number of nitrogens with zero attached hydrogens (tertiary/aromatic N) is 3. The third-order valence-electron chi connectivity index (χ3n) is 5.01. The molecule has 0 unspecified atom stereocenters. The molecule has 4 rings (SSSR count). The minimum atomic E-state index is -0.249. The summed E-state index contributed by atoms with van der Waals surface area (Å²) in [6, 6.07) is 19.0. The van der Waals surface area contributed by atoms with Crippen LogP contribution in [-0.4, -0.2) is 34.6 Å². The molecular formula is C24H24N4O3. The summed E-state index contributed by atoms with van der Waals surface area (Å²) in [7, 11) is 1.60. The van der Waals surface area contributed by atoms with Crippen LogP contribution in [0.15, 0.2) is 60.7 Å². The number of benzene rings is 3. The number of aryl methyl sites for hydroxylation is 2. The van der Waals surface area contributed by atoms with Gasteiger partial charge in [-0.2, -0.15) is 4.80 Å². The van der Waals surface area contributed by atoms with Crippen molar-refractivity contribution in [1.82, 2.24) is 15.0 Å². The van der Waals surface area contributed by atoms with Crippen molar-refractivity contribution in [2.24, 2.45) is 0 Å². The van der Waals surface area contributed by atoms with E-state index in [4.69, 9.17) is 9.47 Å². The molecule has 31 heavy (non-hydrogen) atoms. The molecule has 158 valence electrons. The van der Waals surface area contributed by atoms with E-state index < -0.39 is 0 Å². The highest BCUT2D eigenvalue weighted by molar-refractivity contribution is 5.95. The van der Waals surface area contributed by atoms with E-state index in [-0.39, 0.29) is 12.5 Å².